The van der Waals surface area contributed by atoms with Crippen LogP contribution < -0.4 is 11.1 Å². The number of benzene rings is 1. The highest BCUT2D eigenvalue weighted by Crippen LogP contribution is 2.27. The van der Waals surface area contributed by atoms with Gasteiger partial charge in [-0.3, -0.25) is 4.79 Å². The Balaban J connectivity index is 1.44. The average Bonchev–Trinajstić information content (AvgIpc) is 3.47. The summed E-state index contributed by atoms with van der Waals surface area (Å²) in [6.07, 6.45) is 9.00. The number of carbonyl (C=O) groups excluding carboxylic acids is 1. The van der Waals surface area contributed by atoms with Crippen LogP contribution in [0.15, 0.2) is 40.3 Å². The van der Waals surface area contributed by atoms with E-state index in [0.717, 1.165) is 19.5 Å². The van der Waals surface area contributed by atoms with Gasteiger partial charge < -0.3 is 16.0 Å². The topological polar surface area (TPSA) is 101 Å². The molecule has 3 N–H and O–H groups in total. The molecule has 0 spiro atoms. The van der Waals surface area contributed by atoms with Crippen LogP contribution >= 0.6 is 0 Å². The fraction of sp³-hybridized carbons (Fsp3) is 0.417. The van der Waals surface area contributed by atoms with E-state index in [2.05, 4.69) is 58.1 Å². The van der Waals surface area contributed by atoms with E-state index >= 15 is 0 Å². The Morgan fingerprint density at radius 1 is 1.41 bits per heavy atom. The first-order valence-electron chi connectivity index (χ1n) is 11.1. The molecule has 0 atom stereocenters. The van der Waals surface area contributed by atoms with E-state index in [4.69, 9.17) is 5.73 Å². The molecule has 1 aromatic carbocycles. The summed E-state index contributed by atoms with van der Waals surface area (Å²) in [6, 6.07) is 4.49. The van der Waals surface area contributed by atoms with Crippen molar-refractivity contribution in [2.45, 2.75) is 39.2 Å². The molecule has 0 bridgehead atoms. The zero-order chi connectivity index (χ0) is 22.7. The van der Waals surface area contributed by atoms with Crippen LogP contribution in [0.5, 0.6) is 0 Å². The molecule has 8 nitrogen and oxygen atoms in total. The van der Waals surface area contributed by atoms with Gasteiger partial charge in [-0.1, -0.05) is 12.1 Å². The molecule has 0 saturated heterocycles. The average molecular weight is 434 g/mol. The van der Waals surface area contributed by atoms with Gasteiger partial charge in [-0.2, -0.15) is 5.10 Å². The maximum atomic E-state index is 12.3. The molecule has 0 radical (unpaired) electrons. The van der Waals surface area contributed by atoms with Gasteiger partial charge in [0.05, 0.1) is 11.8 Å². The second kappa shape index (κ2) is 9.48. The summed E-state index contributed by atoms with van der Waals surface area (Å²) in [6.45, 7) is 8.54. The van der Waals surface area contributed by atoms with Gasteiger partial charge in [0.1, 0.15) is 0 Å². The van der Waals surface area contributed by atoms with E-state index in [1.54, 1.807) is 12.4 Å². The van der Waals surface area contributed by atoms with Crippen LogP contribution in [0.25, 0.3) is 5.82 Å². The number of carbonyl (C=O) groups is 1. The van der Waals surface area contributed by atoms with Crippen LogP contribution in [0.1, 0.15) is 45.5 Å². The summed E-state index contributed by atoms with van der Waals surface area (Å²) in [5.41, 5.74) is 12.0. The van der Waals surface area contributed by atoms with Crippen molar-refractivity contribution >= 4 is 24.7 Å². The largest absolute Gasteiger partial charge is 0.381 e. The van der Waals surface area contributed by atoms with Gasteiger partial charge >= 0.3 is 0 Å². The molecule has 1 fully saturated rings. The van der Waals surface area contributed by atoms with Crippen molar-refractivity contribution < 1.29 is 4.79 Å². The number of aliphatic imine (C=N–C) groups is 2. The van der Waals surface area contributed by atoms with Crippen molar-refractivity contribution in [3.8, 4) is 0 Å². The third kappa shape index (κ3) is 5.13. The summed E-state index contributed by atoms with van der Waals surface area (Å²) in [5.74, 6) is 0.958. The SMILES string of the molecule is C=N/C(=C(N)\N=C/Cc1cc(C)c2c(c1)CN(C)CC2)n1cc(C(=O)NCC2CC2)cn1. The smallest absolute Gasteiger partial charge is 0.254 e. The number of hydrogen-bond acceptors (Lipinski definition) is 6. The van der Waals surface area contributed by atoms with Crippen molar-refractivity contribution in [1.29, 1.82) is 0 Å². The van der Waals surface area contributed by atoms with E-state index in [-0.39, 0.29) is 11.7 Å². The van der Waals surface area contributed by atoms with E-state index < -0.39 is 0 Å². The zero-order valence-corrected chi connectivity index (χ0v) is 18.8. The van der Waals surface area contributed by atoms with Gasteiger partial charge in [-0.15, -0.1) is 0 Å². The number of aromatic nitrogens is 2. The quantitative estimate of drug-likeness (QED) is 0.624. The molecule has 1 aliphatic heterocycles. The summed E-state index contributed by atoms with van der Waals surface area (Å²) in [7, 11) is 2.15. The van der Waals surface area contributed by atoms with E-state index in [1.165, 1.54) is 46.0 Å². The van der Waals surface area contributed by atoms with Crippen LogP contribution in [0.2, 0.25) is 0 Å². The van der Waals surface area contributed by atoms with Crippen molar-refractivity contribution in [3.63, 3.8) is 0 Å². The molecule has 1 saturated carbocycles. The van der Waals surface area contributed by atoms with E-state index in [0.29, 0.717) is 30.3 Å². The molecule has 2 heterocycles. The predicted octanol–water partition coefficient (Wildman–Crippen LogP) is 2.38. The second-order valence-electron chi connectivity index (χ2n) is 8.75. The predicted molar refractivity (Wildman–Crippen MR) is 128 cm³/mol. The van der Waals surface area contributed by atoms with Crippen molar-refractivity contribution in [2.24, 2.45) is 21.6 Å². The molecule has 2 aliphatic rings. The number of amides is 1. The number of likely N-dealkylation sites (N-methyl/N-ethyl adjacent to an activating group) is 1. The summed E-state index contributed by atoms with van der Waals surface area (Å²) in [4.78, 5) is 22.9. The number of nitrogens with zero attached hydrogens (tertiary/aromatic N) is 5. The lowest BCUT2D eigenvalue weighted by molar-refractivity contribution is 0.0952. The Morgan fingerprint density at radius 3 is 2.97 bits per heavy atom. The third-order valence-electron chi connectivity index (χ3n) is 6.06. The Hall–Kier alpha value is -3.26. The normalized spacial score (nSPS) is 17.2. The van der Waals surface area contributed by atoms with Gasteiger partial charge in [0, 0.05) is 38.5 Å². The minimum absolute atomic E-state index is 0.151. The molecular formula is C24H31N7O. The number of aryl methyl sites for hydroxylation is 1. The van der Waals surface area contributed by atoms with Crippen LogP contribution in [0.3, 0.4) is 0 Å². The molecule has 1 aromatic heterocycles. The van der Waals surface area contributed by atoms with Gasteiger partial charge in [0.2, 0.25) is 0 Å². The zero-order valence-electron chi connectivity index (χ0n) is 18.8. The standard InChI is InChI=1S/C24H31N7O/c1-16-10-18(11-19-14-30(3)9-7-21(16)19)6-8-27-22(25)23(26-2)31-15-20(13-29-31)24(32)28-12-17-4-5-17/h8,10-11,13,15,17H,2,4-7,9,12,14,25H2,1,3H3,(H,28,32)/b23-22+,27-8-. The molecule has 32 heavy (non-hydrogen) atoms. The highest BCUT2D eigenvalue weighted by molar-refractivity contribution is 5.93. The van der Waals surface area contributed by atoms with Gasteiger partial charge in [0.25, 0.3) is 5.91 Å². The number of nitrogens with one attached hydrogen (secondary N) is 1. The number of nitrogens with two attached hydrogens (primary N) is 1. The molecule has 168 valence electrons. The summed E-state index contributed by atoms with van der Waals surface area (Å²) >= 11 is 0. The first kappa shape index (κ1) is 22.0. The Kier molecular flexibility index (Phi) is 6.50. The van der Waals surface area contributed by atoms with Crippen molar-refractivity contribution in [1.82, 2.24) is 20.0 Å². The minimum atomic E-state index is -0.151. The summed E-state index contributed by atoms with van der Waals surface area (Å²) in [5, 5.41) is 7.13. The van der Waals surface area contributed by atoms with Gasteiger partial charge in [-0.25, -0.2) is 14.7 Å². The monoisotopic (exact) mass is 433 g/mol. The first-order valence-corrected chi connectivity index (χ1v) is 11.1. The lowest BCUT2D eigenvalue weighted by atomic mass is 9.92. The Labute approximate surface area is 188 Å². The molecule has 1 amide bonds. The number of rotatable bonds is 8. The third-order valence-corrected chi connectivity index (χ3v) is 6.06. The van der Waals surface area contributed by atoms with Gasteiger partial charge in [-0.05, 0) is 68.1 Å². The maximum Gasteiger partial charge on any atom is 0.254 e. The fourth-order valence-corrected chi connectivity index (χ4v) is 4.06. The fourth-order valence-electron chi connectivity index (χ4n) is 4.06. The second-order valence-corrected chi connectivity index (χ2v) is 8.75. The first-order chi connectivity index (χ1) is 15.4. The molecule has 8 heteroatoms. The maximum absolute atomic E-state index is 12.3. The molecule has 4 rings (SSSR count). The molecular weight excluding hydrogens is 402 g/mol. The Bertz CT molecular complexity index is 1080. The highest BCUT2D eigenvalue weighted by atomic mass is 16.1. The number of hydrogen-bond donors (Lipinski definition) is 2. The van der Waals surface area contributed by atoms with Crippen LogP contribution in [-0.2, 0) is 19.4 Å². The van der Waals surface area contributed by atoms with E-state index in [1.807, 2.05) is 0 Å². The van der Waals surface area contributed by atoms with Crippen LogP contribution in [0, 0.1) is 12.8 Å². The van der Waals surface area contributed by atoms with E-state index in [9.17, 15) is 4.79 Å². The molecule has 2 aromatic rings. The highest BCUT2D eigenvalue weighted by Gasteiger charge is 2.22. The summed E-state index contributed by atoms with van der Waals surface area (Å²) < 4.78 is 1.44. The van der Waals surface area contributed by atoms with Crippen LogP contribution in [-0.4, -0.2) is 53.7 Å². The van der Waals surface area contributed by atoms with Crippen LogP contribution in [0.4, 0.5) is 0 Å². The lowest BCUT2D eigenvalue weighted by Gasteiger charge is -2.26. The minimum Gasteiger partial charge on any atom is -0.381 e. The molecule has 0 unspecified atom stereocenters. The Morgan fingerprint density at radius 2 is 2.22 bits per heavy atom. The van der Waals surface area contributed by atoms with Gasteiger partial charge in [0.15, 0.2) is 11.6 Å². The van der Waals surface area contributed by atoms with Crippen molar-refractivity contribution in [2.75, 3.05) is 20.1 Å². The lowest BCUT2D eigenvalue weighted by Crippen LogP contribution is -2.27. The van der Waals surface area contributed by atoms with Crippen molar-refractivity contribution in [3.05, 3.63) is 58.2 Å². The molecule has 1 aliphatic carbocycles. The number of fused-ring (bicyclic) bond motifs is 1.